The third kappa shape index (κ3) is 2.40. The van der Waals surface area contributed by atoms with Gasteiger partial charge < -0.3 is 5.73 Å². The first-order valence-electron chi connectivity index (χ1n) is 5.72. The van der Waals surface area contributed by atoms with E-state index in [1.54, 1.807) is 13.1 Å². The zero-order valence-electron chi connectivity index (χ0n) is 10.3. The molecule has 4 N–H and O–H groups in total. The van der Waals surface area contributed by atoms with Gasteiger partial charge in [-0.15, -0.1) is 0 Å². The van der Waals surface area contributed by atoms with E-state index in [2.05, 4.69) is 11.2 Å². The molecule has 0 fully saturated rings. The topological polar surface area (TPSA) is 60.0 Å². The molecule has 0 radical (unpaired) electrons. The number of hydrazine groups is 1. The van der Waals surface area contributed by atoms with Crippen molar-refractivity contribution in [2.75, 3.05) is 12.1 Å². The molecule has 18 heavy (non-hydrogen) atoms. The van der Waals surface area contributed by atoms with E-state index in [1.165, 1.54) is 5.01 Å². The Morgan fingerprint density at radius 3 is 2.28 bits per heavy atom. The number of anilines is 1. The lowest BCUT2D eigenvalue weighted by Gasteiger charge is -2.21. The van der Waals surface area contributed by atoms with Gasteiger partial charge in [0.05, 0.1) is 5.69 Å². The fourth-order valence-corrected chi connectivity index (χ4v) is 1.77. The third-order valence-corrected chi connectivity index (χ3v) is 2.69. The molecule has 0 aliphatic heterocycles. The van der Waals surface area contributed by atoms with Gasteiger partial charge in [-0.05, 0) is 24.3 Å². The molecule has 2 rings (SSSR count). The second kappa shape index (κ2) is 5.44. The Kier molecular flexibility index (Phi) is 3.72. The number of para-hydroxylation sites is 1. The second-order valence-electron chi connectivity index (χ2n) is 3.86. The summed E-state index contributed by atoms with van der Waals surface area (Å²) in [6.07, 6.45) is 0. The van der Waals surface area contributed by atoms with Gasteiger partial charge in [-0.2, -0.15) is 0 Å². The molecule has 0 unspecified atom stereocenters. The molecule has 0 heterocycles. The van der Waals surface area contributed by atoms with Gasteiger partial charge >= 0.3 is 0 Å². The average molecular weight is 242 g/mol. The van der Waals surface area contributed by atoms with Gasteiger partial charge in [0, 0.05) is 7.05 Å². The fourth-order valence-electron chi connectivity index (χ4n) is 1.77. The number of carbonyl (C=O) groups is 1. The molecule has 2 aromatic carbocycles. The Hall–Kier alpha value is -2.17. The van der Waals surface area contributed by atoms with Crippen LogP contribution in [0.2, 0.25) is 0 Å². The minimum absolute atomic E-state index is 0.116. The summed E-state index contributed by atoms with van der Waals surface area (Å²) in [7, 11) is 1.72. The quantitative estimate of drug-likeness (QED) is 0.798. The highest BCUT2D eigenvalue weighted by Gasteiger charge is 2.19. The maximum Gasteiger partial charge on any atom is 0.278 e. The Labute approximate surface area is 106 Å². The smallest absolute Gasteiger partial charge is 0.278 e. The fraction of sp³-hybridized carbons (Fsp3) is 0.0714. The van der Waals surface area contributed by atoms with E-state index in [0.717, 1.165) is 11.4 Å². The van der Waals surface area contributed by atoms with Crippen molar-refractivity contribution in [3.05, 3.63) is 60.2 Å². The highest BCUT2D eigenvalue weighted by Crippen LogP contribution is 2.17. The van der Waals surface area contributed by atoms with Gasteiger partial charge in [0.1, 0.15) is 11.3 Å². The molecule has 2 aromatic rings. The first-order valence-corrected chi connectivity index (χ1v) is 5.72. The number of hydrogen-bond donors (Lipinski definition) is 2. The van der Waals surface area contributed by atoms with Crippen molar-refractivity contribution in [3.63, 3.8) is 0 Å². The van der Waals surface area contributed by atoms with Crippen LogP contribution in [0.25, 0.3) is 0 Å². The summed E-state index contributed by atoms with van der Waals surface area (Å²) in [4.78, 5) is 12.4. The molecular formula is C14H16N3O+. The average Bonchev–Trinajstić information content (AvgIpc) is 2.41. The number of quaternary nitrogens is 1. The molecule has 0 aliphatic carbocycles. The van der Waals surface area contributed by atoms with Crippen molar-refractivity contribution in [3.8, 4) is 0 Å². The zero-order valence-corrected chi connectivity index (χ0v) is 10.3. The van der Waals surface area contributed by atoms with Crippen LogP contribution in [-0.4, -0.2) is 13.0 Å². The monoisotopic (exact) mass is 242 g/mol. The van der Waals surface area contributed by atoms with E-state index in [9.17, 15) is 4.79 Å². The van der Waals surface area contributed by atoms with Crippen molar-refractivity contribution in [2.24, 2.45) is 0 Å². The molecule has 0 spiro atoms. The van der Waals surface area contributed by atoms with E-state index >= 15 is 0 Å². The molecule has 0 aliphatic rings. The van der Waals surface area contributed by atoms with Gasteiger partial charge in [-0.25, -0.2) is 10.4 Å². The van der Waals surface area contributed by atoms with Gasteiger partial charge in [0.15, 0.2) is 0 Å². The van der Waals surface area contributed by atoms with Crippen LogP contribution >= 0.6 is 0 Å². The molecule has 4 nitrogen and oxygen atoms in total. The number of benzene rings is 2. The lowest BCUT2D eigenvalue weighted by atomic mass is 10.1. The largest absolute Gasteiger partial charge is 0.325 e. The molecule has 0 aromatic heterocycles. The molecule has 92 valence electrons. The van der Waals surface area contributed by atoms with Crippen LogP contribution < -0.4 is 16.2 Å². The number of carbonyl (C=O) groups excluding carboxylic acids is 1. The number of nitrogens with one attached hydrogen (secondary N) is 1. The van der Waals surface area contributed by atoms with Gasteiger partial charge in [0.2, 0.25) is 0 Å². The molecular weight excluding hydrogens is 226 g/mol. The Morgan fingerprint density at radius 2 is 1.67 bits per heavy atom. The molecule has 0 atom stereocenters. The van der Waals surface area contributed by atoms with Gasteiger partial charge in [-0.3, -0.25) is 4.79 Å². The maximum absolute atomic E-state index is 12.4. The molecule has 0 bridgehead atoms. The van der Waals surface area contributed by atoms with E-state index in [1.807, 2.05) is 48.5 Å². The zero-order chi connectivity index (χ0) is 13.0. The standard InChI is InChI=1S/C14H15N3O/c1-16-17(11-7-3-2-4-8-11)14(18)12-9-5-6-10-13(12)15/h2-10,16H,15H2,1H3/p+1. The first kappa shape index (κ1) is 12.3. The first-order chi connectivity index (χ1) is 8.74. The Morgan fingerprint density at radius 1 is 1.06 bits per heavy atom. The second-order valence-corrected chi connectivity index (χ2v) is 3.86. The van der Waals surface area contributed by atoms with Crippen LogP contribution in [0.3, 0.4) is 0 Å². The third-order valence-electron chi connectivity index (χ3n) is 2.69. The van der Waals surface area contributed by atoms with Crippen molar-refractivity contribution < 1.29 is 10.5 Å². The van der Waals surface area contributed by atoms with Crippen LogP contribution in [0.15, 0.2) is 54.6 Å². The van der Waals surface area contributed by atoms with Crippen LogP contribution in [0.1, 0.15) is 10.4 Å². The summed E-state index contributed by atoms with van der Waals surface area (Å²) >= 11 is 0. The summed E-state index contributed by atoms with van der Waals surface area (Å²) in [5, 5.41) is 1.50. The minimum atomic E-state index is -0.116. The predicted octanol–water partition coefficient (Wildman–Crippen LogP) is 1.34. The van der Waals surface area contributed by atoms with Crippen LogP contribution in [0.5, 0.6) is 0 Å². The summed E-state index contributed by atoms with van der Waals surface area (Å²) < 4.78 is 0. The molecule has 0 saturated carbocycles. The van der Waals surface area contributed by atoms with E-state index in [0.29, 0.717) is 5.56 Å². The predicted molar refractivity (Wildman–Crippen MR) is 71.3 cm³/mol. The number of amides is 1. The maximum atomic E-state index is 12.4. The molecule has 1 amide bonds. The van der Waals surface area contributed by atoms with Gasteiger partial charge in [0.25, 0.3) is 5.91 Å². The minimum Gasteiger partial charge on any atom is -0.325 e. The lowest BCUT2D eigenvalue weighted by molar-refractivity contribution is -0.255. The van der Waals surface area contributed by atoms with Crippen molar-refractivity contribution >= 4 is 17.3 Å². The Bertz CT molecular complexity index is 540. The summed E-state index contributed by atoms with van der Waals surface area (Å²) in [5.41, 5.74) is 8.89. The van der Waals surface area contributed by atoms with Crippen molar-refractivity contribution in [2.45, 2.75) is 0 Å². The van der Waals surface area contributed by atoms with Crippen LogP contribution in [0, 0.1) is 0 Å². The van der Waals surface area contributed by atoms with Crippen LogP contribution in [-0.2, 0) is 0 Å². The van der Waals surface area contributed by atoms with Gasteiger partial charge in [-0.1, -0.05) is 30.3 Å². The number of nitrogens with zero attached hydrogens (tertiary/aromatic N) is 1. The summed E-state index contributed by atoms with van der Waals surface area (Å²) in [6, 6.07) is 16.7. The van der Waals surface area contributed by atoms with E-state index in [-0.39, 0.29) is 5.91 Å². The number of rotatable bonds is 3. The van der Waals surface area contributed by atoms with E-state index in [4.69, 9.17) is 0 Å². The number of hydrogen-bond acceptors (Lipinski definition) is 2. The lowest BCUT2D eigenvalue weighted by Crippen LogP contribution is -2.46. The highest BCUT2D eigenvalue weighted by atomic mass is 16.2. The highest BCUT2D eigenvalue weighted by molar-refractivity contribution is 6.07. The summed E-state index contributed by atoms with van der Waals surface area (Å²) in [5.74, 6) is -0.116. The molecule has 0 saturated heterocycles. The van der Waals surface area contributed by atoms with Crippen molar-refractivity contribution in [1.82, 2.24) is 5.43 Å². The Balaban J connectivity index is 2.35. The van der Waals surface area contributed by atoms with Crippen LogP contribution in [0.4, 0.5) is 11.4 Å². The van der Waals surface area contributed by atoms with Crippen molar-refractivity contribution in [1.29, 1.82) is 0 Å². The molecule has 4 heteroatoms. The normalized spacial score (nSPS) is 10.1. The van der Waals surface area contributed by atoms with E-state index < -0.39 is 0 Å². The SMILES string of the molecule is CNN(C(=O)c1ccccc1[NH3+])c1ccccc1. The summed E-state index contributed by atoms with van der Waals surface area (Å²) in [6.45, 7) is 0.